The molecule has 0 spiro atoms. The van der Waals surface area contributed by atoms with Crippen molar-refractivity contribution >= 4 is 10.0 Å². The van der Waals surface area contributed by atoms with Crippen molar-refractivity contribution in [2.24, 2.45) is 0 Å². The average Bonchev–Trinajstić information content (AvgIpc) is 2.41. The number of hydrogen-bond donors (Lipinski definition) is 1. The van der Waals surface area contributed by atoms with Gasteiger partial charge in [-0.2, -0.15) is 0 Å². The smallest absolute Gasteiger partial charge is 0.243 e. The quantitative estimate of drug-likeness (QED) is 0.946. The molecule has 4 nitrogen and oxygen atoms in total. The lowest BCUT2D eigenvalue weighted by Crippen LogP contribution is -2.22. The van der Waals surface area contributed by atoms with Crippen molar-refractivity contribution in [1.29, 1.82) is 0 Å². The third-order valence-corrected chi connectivity index (χ3v) is 4.78. The lowest BCUT2D eigenvalue weighted by Gasteiger charge is -2.15. The van der Waals surface area contributed by atoms with Gasteiger partial charge in [0.15, 0.2) is 11.6 Å². The van der Waals surface area contributed by atoms with Crippen LogP contribution in [0.25, 0.3) is 11.1 Å². The third kappa shape index (κ3) is 2.52. The number of phenolic OH excluding ortho intramolecular Hbond substituents is 1. The predicted molar refractivity (Wildman–Crippen MR) is 74.4 cm³/mol. The highest BCUT2D eigenvalue weighted by molar-refractivity contribution is 7.89. The van der Waals surface area contributed by atoms with Gasteiger partial charge in [-0.25, -0.2) is 17.1 Å². The molecule has 2 aromatic carbocycles. The summed E-state index contributed by atoms with van der Waals surface area (Å²) in [4.78, 5) is 0.107. The zero-order valence-electron chi connectivity index (χ0n) is 11.0. The molecule has 0 bridgehead atoms. The number of phenols is 1. The normalized spacial score (nSPS) is 11.8. The molecule has 106 valence electrons. The maximum atomic E-state index is 13.1. The molecule has 0 aliphatic heterocycles. The number of rotatable bonds is 3. The van der Waals surface area contributed by atoms with Crippen molar-refractivity contribution in [3.63, 3.8) is 0 Å². The van der Waals surface area contributed by atoms with Crippen LogP contribution in [0.1, 0.15) is 0 Å². The van der Waals surface area contributed by atoms with Crippen LogP contribution in [0.4, 0.5) is 4.39 Å². The Labute approximate surface area is 117 Å². The first-order valence-corrected chi connectivity index (χ1v) is 7.28. The lowest BCUT2D eigenvalue weighted by molar-refractivity contribution is 0.432. The Morgan fingerprint density at radius 2 is 1.75 bits per heavy atom. The molecule has 0 saturated heterocycles. The van der Waals surface area contributed by atoms with Crippen LogP contribution < -0.4 is 0 Å². The molecule has 20 heavy (non-hydrogen) atoms. The van der Waals surface area contributed by atoms with Gasteiger partial charge < -0.3 is 5.11 Å². The third-order valence-electron chi connectivity index (χ3n) is 2.90. The molecule has 0 aliphatic rings. The van der Waals surface area contributed by atoms with E-state index in [1.807, 2.05) is 0 Å². The summed E-state index contributed by atoms with van der Waals surface area (Å²) >= 11 is 0. The summed E-state index contributed by atoms with van der Waals surface area (Å²) in [5, 5.41) is 9.43. The largest absolute Gasteiger partial charge is 0.505 e. The summed E-state index contributed by atoms with van der Waals surface area (Å²) < 4.78 is 38.7. The molecule has 0 heterocycles. The molecule has 0 fully saturated rings. The van der Waals surface area contributed by atoms with Crippen LogP contribution in [0, 0.1) is 5.82 Å². The minimum Gasteiger partial charge on any atom is -0.505 e. The number of sulfonamides is 1. The molecule has 2 rings (SSSR count). The molecule has 1 N–H and O–H groups in total. The van der Waals surface area contributed by atoms with Crippen molar-refractivity contribution in [1.82, 2.24) is 4.31 Å². The second-order valence-electron chi connectivity index (χ2n) is 4.45. The van der Waals surface area contributed by atoms with E-state index in [1.54, 1.807) is 18.2 Å². The molecule has 0 aliphatic carbocycles. The van der Waals surface area contributed by atoms with Gasteiger partial charge in [-0.3, -0.25) is 0 Å². The molecule has 0 amide bonds. The summed E-state index contributed by atoms with van der Waals surface area (Å²) in [5.74, 6) is -1.26. The molecule has 0 aromatic heterocycles. The second kappa shape index (κ2) is 5.22. The van der Waals surface area contributed by atoms with Crippen LogP contribution in [0.5, 0.6) is 5.75 Å². The molecular weight excluding hydrogens is 281 g/mol. The van der Waals surface area contributed by atoms with Crippen molar-refractivity contribution in [2.75, 3.05) is 14.1 Å². The maximum absolute atomic E-state index is 13.1. The Morgan fingerprint density at radius 1 is 1.10 bits per heavy atom. The molecule has 2 aromatic rings. The minimum atomic E-state index is -3.62. The minimum absolute atomic E-state index is 0.107. The van der Waals surface area contributed by atoms with Gasteiger partial charge in [-0.15, -0.1) is 0 Å². The van der Waals surface area contributed by atoms with E-state index in [0.29, 0.717) is 11.1 Å². The van der Waals surface area contributed by atoms with E-state index >= 15 is 0 Å². The fraction of sp³-hybridized carbons (Fsp3) is 0.143. The molecule has 0 atom stereocenters. The Hall–Kier alpha value is -1.92. The summed E-state index contributed by atoms with van der Waals surface area (Å²) in [7, 11) is -0.743. The Morgan fingerprint density at radius 3 is 2.35 bits per heavy atom. The Kier molecular flexibility index (Phi) is 3.78. The summed E-state index contributed by atoms with van der Waals surface area (Å²) in [6.45, 7) is 0. The highest BCUT2D eigenvalue weighted by Gasteiger charge is 2.21. The molecule has 0 radical (unpaired) electrons. The number of aromatic hydroxyl groups is 1. The predicted octanol–water partition coefficient (Wildman–Crippen LogP) is 2.45. The van der Waals surface area contributed by atoms with Crippen molar-refractivity contribution in [3.05, 3.63) is 48.3 Å². The SMILES string of the molecule is CN(C)S(=O)(=O)c1ccccc1-c1ccc(F)c(O)c1. The van der Waals surface area contributed by atoms with Crippen LogP contribution in [-0.4, -0.2) is 31.9 Å². The highest BCUT2D eigenvalue weighted by atomic mass is 32.2. The Balaban J connectivity index is 2.67. The number of benzene rings is 2. The maximum Gasteiger partial charge on any atom is 0.243 e. The Bertz CT molecular complexity index is 742. The van der Waals surface area contributed by atoms with Crippen molar-refractivity contribution in [3.8, 4) is 16.9 Å². The number of halogens is 1. The number of nitrogens with zero attached hydrogens (tertiary/aromatic N) is 1. The van der Waals surface area contributed by atoms with Crippen molar-refractivity contribution < 1.29 is 17.9 Å². The molecular formula is C14H14FNO3S. The van der Waals surface area contributed by atoms with Gasteiger partial charge in [0.1, 0.15) is 0 Å². The first-order valence-electron chi connectivity index (χ1n) is 5.84. The molecule has 0 unspecified atom stereocenters. The summed E-state index contributed by atoms with van der Waals surface area (Å²) in [6.07, 6.45) is 0. The van der Waals surface area contributed by atoms with E-state index in [9.17, 15) is 17.9 Å². The van der Waals surface area contributed by atoms with Crippen LogP contribution in [0.2, 0.25) is 0 Å². The van der Waals surface area contributed by atoms with Gasteiger partial charge >= 0.3 is 0 Å². The van der Waals surface area contributed by atoms with Crippen LogP contribution in [0.15, 0.2) is 47.4 Å². The fourth-order valence-electron chi connectivity index (χ4n) is 1.81. The van der Waals surface area contributed by atoms with Crippen LogP contribution in [0.3, 0.4) is 0 Å². The first-order chi connectivity index (χ1) is 9.34. The van der Waals surface area contributed by atoms with Crippen LogP contribution in [-0.2, 0) is 10.0 Å². The first kappa shape index (κ1) is 14.5. The monoisotopic (exact) mass is 295 g/mol. The van der Waals surface area contributed by atoms with Gasteiger partial charge in [0.05, 0.1) is 4.90 Å². The summed E-state index contributed by atoms with van der Waals surface area (Å²) in [5.41, 5.74) is 0.849. The van der Waals surface area contributed by atoms with E-state index in [4.69, 9.17) is 0 Å². The second-order valence-corrected chi connectivity index (χ2v) is 6.57. The topological polar surface area (TPSA) is 57.6 Å². The zero-order chi connectivity index (χ0) is 14.9. The van der Waals surface area contributed by atoms with Crippen molar-refractivity contribution in [2.45, 2.75) is 4.90 Å². The fourth-order valence-corrected chi connectivity index (χ4v) is 2.91. The summed E-state index contributed by atoms with van der Waals surface area (Å²) in [6, 6.07) is 10.1. The van der Waals surface area contributed by atoms with E-state index in [0.717, 1.165) is 10.4 Å². The number of hydrogen-bond acceptors (Lipinski definition) is 3. The van der Waals surface area contributed by atoms with Gasteiger partial charge in [0.2, 0.25) is 10.0 Å². The van der Waals surface area contributed by atoms with E-state index in [-0.39, 0.29) is 4.90 Å². The van der Waals surface area contributed by atoms with E-state index < -0.39 is 21.6 Å². The highest BCUT2D eigenvalue weighted by Crippen LogP contribution is 2.31. The van der Waals surface area contributed by atoms with Gasteiger partial charge in [-0.05, 0) is 23.8 Å². The zero-order valence-corrected chi connectivity index (χ0v) is 11.9. The van der Waals surface area contributed by atoms with Gasteiger partial charge in [-0.1, -0.05) is 24.3 Å². The molecule has 6 heteroatoms. The van der Waals surface area contributed by atoms with E-state index in [2.05, 4.69) is 0 Å². The molecule has 0 saturated carbocycles. The average molecular weight is 295 g/mol. The standard InChI is InChI=1S/C14H14FNO3S/c1-16(2)20(18,19)14-6-4-3-5-11(14)10-7-8-12(15)13(17)9-10/h3-9,17H,1-2H3. The van der Waals surface area contributed by atoms with Gasteiger partial charge in [0.25, 0.3) is 0 Å². The van der Waals surface area contributed by atoms with E-state index in [1.165, 1.54) is 32.3 Å². The van der Waals surface area contributed by atoms with Gasteiger partial charge in [0, 0.05) is 19.7 Å². The van der Waals surface area contributed by atoms with Crippen LogP contribution >= 0.6 is 0 Å². The lowest BCUT2D eigenvalue weighted by atomic mass is 10.1.